The SMILES string of the molecule is Cc1c(C(=O)O)n2c3ccc(Cl)c(c13)-c1c(nn(C)c1C)CN(C)Cc1cc(n(C)n1)CSc1cc3c(c(c1)OCCC2)CCCC3. The summed E-state index contributed by atoms with van der Waals surface area (Å²) in [6.45, 7) is 6.16. The lowest BCUT2D eigenvalue weighted by atomic mass is 9.91. The first-order valence-electron chi connectivity index (χ1n) is 16.3. The van der Waals surface area contributed by atoms with Crippen molar-refractivity contribution in [1.29, 1.82) is 0 Å². The topological polar surface area (TPSA) is 90.3 Å². The lowest BCUT2D eigenvalue weighted by Gasteiger charge is -2.21. The number of carbonyl (C=O) groups is 1. The summed E-state index contributed by atoms with van der Waals surface area (Å²) in [6, 6.07) is 10.6. The fourth-order valence-corrected chi connectivity index (χ4v) is 8.68. The summed E-state index contributed by atoms with van der Waals surface area (Å²) in [6.07, 6.45) is 5.12. The van der Waals surface area contributed by atoms with Gasteiger partial charge >= 0.3 is 5.97 Å². The Balaban J connectivity index is 1.36. The van der Waals surface area contributed by atoms with E-state index < -0.39 is 5.97 Å². The third-order valence-electron chi connectivity index (χ3n) is 9.73. The molecule has 0 atom stereocenters. The molecule has 1 aliphatic heterocycles. The van der Waals surface area contributed by atoms with Crippen molar-refractivity contribution in [2.45, 2.75) is 76.2 Å². The van der Waals surface area contributed by atoms with Gasteiger partial charge in [0.15, 0.2) is 0 Å². The molecule has 0 saturated carbocycles. The molecular weight excluding hydrogens is 632 g/mol. The third kappa shape index (κ3) is 5.85. The lowest BCUT2D eigenvalue weighted by molar-refractivity contribution is 0.0684. The van der Waals surface area contributed by atoms with Crippen LogP contribution in [0.4, 0.5) is 0 Å². The Morgan fingerprint density at radius 3 is 2.60 bits per heavy atom. The number of thioether (sulfide) groups is 1. The molecule has 9 nitrogen and oxygen atoms in total. The molecule has 2 aliphatic rings. The summed E-state index contributed by atoms with van der Waals surface area (Å²) in [5.74, 6) is 0.820. The minimum Gasteiger partial charge on any atom is -0.493 e. The first kappa shape index (κ1) is 31.8. The maximum Gasteiger partial charge on any atom is 0.352 e. The van der Waals surface area contributed by atoms with Crippen molar-refractivity contribution in [3.63, 3.8) is 0 Å². The normalized spacial score (nSPS) is 16.0. The lowest BCUT2D eigenvalue weighted by Crippen LogP contribution is -2.18. The summed E-state index contributed by atoms with van der Waals surface area (Å²) in [4.78, 5) is 16.2. The van der Waals surface area contributed by atoms with Crippen molar-refractivity contribution < 1.29 is 14.6 Å². The first-order valence-corrected chi connectivity index (χ1v) is 17.7. The third-order valence-corrected chi connectivity index (χ3v) is 11.1. The summed E-state index contributed by atoms with van der Waals surface area (Å²) >= 11 is 8.84. The Hall–Kier alpha value is -3.73. The fraction of sp³-hybridized carbons (Fsp3) is 0.417. The second-order valence-electron chi connectivity index (χ2n) is 13.0. The highest BCUT2D eigenvalue weighted by Crippen LogP contribution is 2.43. The minimum atomic E-state index is -0.951. The number of nitrogens with zero attached hydrogens (tertiary/aromatic N) is 6. The van der Waals surface area contributed by atoms with Crippen LogP contribution in [0, 0.1) is 13.8 Å². The number of rotatable bonds is 1. The van der Waals surface area contributed by atoms with Crippen LogP contribution in [0.25, 0.3) is 22.0 Å². The molecule has 0 radical (unpaired) electrons. The number of halogens is 1. The summed E-state index contributed by atoms with van der Waals surface area (Å²) in [7, 11) is 6.03. The second-order valence-corrected chi connectivity index (χ2v) is 14.4. The van der Waals surface area contributed by atoms with E-state index in [-0.39, 0.29) is 5.69 Å². The summed E-state index contributed by atoms with van der Waals surface area (Å²) in [5.41, 5.74) is 10.4. The Bertz CT molecular complexity index is 2030. The van der Waals surface area contributed by atoms with Crippen molar-refractivity contribution in [2.24, 2.45) is 14.1 Å². The van der Waals surface area contributed by atoms with Crippen molar-refractivity contribution in [2.75, 3.05) is 13.7 Å². The number of aromatic carboxylic acids is 1. The van der Waals surface area contributed by atoms with Crippen LogP contribution >= 0.6 is 23.4 Å². The van der Waals surface area contributed by atoms with Crippen LogP contribution in [0.3, 0.4) is 0 Å². The van der Waals surface area contributed by atoms with Crippen LogP contribution in [0.15, 0.2) is 35.2 Å². The Labute approximate surface area is 284 Å². The molecule has 1 aliphatic carbocycles. The first-order chi connectivity index (χ1) is 22.6. The van der Waals surface area contributed by atoms with Crippen molar-refractivity contribution in [3.8, 4) is 16.9 Å². The number of hydrogen-bond donors (Lipinski definition) is 1. The number of fused-ring (bicyclic) bond motifs is 8. The van der Waals surface area contributed by atoms with E-state index in [0.29, 0.717) is 43.2 Å². The van der Waals surface area contributed by atoms with Gasteiger partial charge in [0, 0.05) is 82.8 Å². The van der Waals surface area contributed by atoms with Crippen LogP contribution in [-0.4, -0.2) is 53.8 Å². The number of benzene rings is 2. The van der Waals surface area contributed by atoms with Gasteiger partial charge in [0.25, 0.3) is 0 Å². The zero-order valence-corrected chi connectivity index (χ0v) is 29.3. The number of carboxylic acids is 1. The van der Waals surface area contributed by atoms with Gasteiger partial charge in [-0.15, -0.1) is 11.8 Å². The van der Waals surface area contributed by atoms with Crippen molar-refractivity contribution >= 4 is 40.2 Å². The maximum atomic E-state index is 12.8. The average Bonchev–Trinajstić information content (AvgIpc) is 3.62. The van der Waals surface area contributed by atoms with Gasteiger partial charge < -0.3 is 14.4 Å². The van der Waals surface area contributed by atoms with E-state index in [2.05, 4.69) is 30.1 Å². The molecule has 246 valence electrons. The zero-order valence-electron chi connectivity index (χ0n) is 27.7. The standard InChI is InChI=1S/C36H41ClN6O3S/c1-21-32-30-12-11-28(37)34(32)33-22(2)41(4)39-29(33)19-40(3)18-24-16-25(42(5)38-24)20-47-26-15-23-9-6-7-10-27(23)31(17-26)46-14-8-13-43(30)35(21)36(44)45/h11-12,15-17H,6-10,13-14,18-20H2,1-5H3,(H,44,45). The molecule has 5 aromatic rings. The van der Waals surface area contributed by atoms with Crippen molar-refractivity contribution in [1.82, 2.24) is 29.0 Å². The van der Waals surface area contributed by atoms with Gasteiger partial charge in [-0.2, -0.15) is 10.2 Å². The van der Waals surface area contributed by atoms with Gasteiger partial charge in [-0.25, -0.2) is 4.79 Å². The van der Waals surface area contributed by atoms with E-state index in [1.165, 1.54) is 34.6 Å². The molecule has 0 fully saturated rings. The Morgan fingerprint density at radius 1 is 0.979 bits per heavy atom. The highest BCUT2D eigenvalue weighted by molar-refractivity contribution is 7.98. The van der Waals surface area contributed by atoms with E-state index >= 15 is 0 Å². The quantitative estimate of drug-likeness (QED) is 0.199. The van der Waals surface area contributed by atoms with Crippen molar-refractivity contribution in [3.05, 3.63) is 80.5 Å². The van der Waals surface area contributed by atoms with E-state index in [1.807, 2.05) is 65.8 Å². The molecular formula is C36H41ClN6O3S. The van der Waals surface area contributed by atoms with Crippen LogP contribution in [-0.2, 0) is 52.3 Å². The van der Waals surface area contributed by atoms with Crippen LogP contribution in [0.1, 0.15) is 69.2 Å². The highest BCUT2D eigenvalue weighted by atomic mass is 35.5. The monoisotopic (exact) mass is 672 g/mol. The molecule has 0 saturated heterocycles. The maximum absolute atomic E-state index is 12.8. The average molecular weight is 673 g/mol. The minimum absolute atomic E-state index is 0.285. The Kier molecular flexibility index (Phi) is 8.61. The van der Waals surface area contributed by atoms with Gasteiger partial charge in [0.1, 0.15) is 11.4 Å². The largest absolute Gasteiger partial charge is 0.493 e. The number of ether oxygens (including phenoxy) is 1. The second kappa shape index (κ2) is 12.7. The summed E-state index contributed by atoms with van der Waals surface area (Å²) in [5, 5.41) is 21.7. The smallest absolute Gasteiger partial charge is 0.352 e. The molecule has 7 rings (SSSR count). The van der Waals surface area contributed by atoms with E-state index in [0.717, 1.165) is 63.5 Å². The summed E-state index contributed by atoms with van der Waals surface area (Å²) < 4.78 is 12.3. The van der Waals surface area contributed by atoms with Gasteiger partial charge in [0.2, 0.25) is 0 Å². The molecule has 3 aromatic heterocycles. The van der Waals surface area contributed by atoms with E-state index in [4.69, 9.17) is 26.5 Å². The van der Waals surface area contributed by atoms with Crippen LogP contribution < -0.4 is 4.74 Å². The number of aromatic nitrogens is 5. The predicted octanol–water partition coefficient (Wildman–Crippen LogP) is 7.33. The van der Waals surface area contributed by atoms with Crippen LogP contribution in [0.5, 0.6) is 5.75 Å². The van der Waals surface area contributed by atoms with Gasteiger partial charge in [-0.1, -0.05) is 11.6 Å². The number of hydrogen-bond acceptors (Lipinski definition) is 6. The predicted molar refractivity (Wildman–Crippen MR) is 187 cm³/mol. The molecule has 11 heteroatoms. The highest BCUT2D eigenvalue weighted by Gasteiger charge is 2.27. The van der Waals surface area contributed by atoms with E-state index in [1.54, 1.807) is 0 Å². The molecule has 0 amide bonds. The van der Waals surface area contributed by atoms with Crippen LogP contribution in [0.2, 0.25) is 5.02 Å². The zero-order chi connectivity index (χ0) is 33.0. The molecule has 1 N–H and O–H groups in total. The number of carboxylic acid groups (broad SMARTS) is 1. The molecule has 8 bridgehead atoms. The van der Waals surface area contributed by atoms with Gasteiger partial charge in [0.05, 0.1) is 18.0 Å². The Morgan fingerprint density at radius 2 is 1.79 bits per heavy atom. The van der Waals surface area contributed by atoms with Gasteiger partial charge in [-0.05, 0) is 100 Å². The molecule has 4 heterocycles. The molecule has 47 heavy (non-hydrogen) atoms. The number of aryl methyl sites for hydroxylation is 5. The van der Waals surface area contributed by atoms with Gasteiger partial charge in [-0.3, -0.25) is 14.3 Å². The molecule has 2 aromatic carbocycles. The van der Waals surface area contributed by atoms with E-state index in [9.17, 15) is 9.90 Å². The molecule has 0 spiro atoms. The fourth-order valence-electron chi connectivity index (χ4n) is 7.42. The molecule has 0 unspecified atom stereocenters.